The van der Waals surface area contributed by atoms with Crippen molar-refractivity contribution in [2.24, 2.45) is 0 Å². The Morgan fingerprint density at radius 3 is 1.95 bits per heavy atom. The molecule has 1 nitrogen and oxygen atoms in total. The molecular weight excluding hydrogens is 242 g/mol. The first kappa shape index (κ1) is 19.7. The van der Waals surface area contributed by atoms with Crippen LogP contribution < -0.4 is 0 Å². The highest BCUT2D eigenvalue weighted by molar-refractivity contribution is 4.86. The molecule has 0 aromatic heterocycles. The Morgan fingerprint density at radius 1 is 0.850 bits per heavy atom. The van der Waals surface area contributed by atoms with Gasteiger partial charge in [0.15, 0.2) is 0 Å². The first-order valence-electron chi connectivity index (χ1n) is 9.07. The van der Waals surface area contributed by atoms with Gasteiger partial charge in [-0.15, -0.1) is 6.58 Å². The van der Waals surface area contributed by atoms with Crippen molar-refractivity contribution < 1.29 is 0 Å². The molecule has 0 saturated carbocycles. The van der Waals surface area contributed by atoms with Gasteiger partial charge in [-0.1, -0.05) is 57.9 Å². The van der Waals surface area contributed by atoms with E-state index in [1.54, 1.807) is 0 Å². The van der Waals surface area contributed by atoms with Crippen LogP contribution in [0.25, 0.3) is 0 Å². The van der Waals surface area contributed by atoms with Crippen LogP contribution in [-0.4, -0.2) is 24.5 Å². The SMILES string of the molecule is C=C(C)CCCCCCCN1CCCCC1.CCCC. The minimum atomic E-state index is 1.23. The molecule has 0 aromatic rings. The minimum absolute atomic E-state index is 1.23. The lowest BCUT2D eigenvalue weighted by molar-refractivity contribution is 0.224. The van der Waals surface area contributed by atoms with E-state index < -0.39 is 0 Å². The summed E-state index contributed by atoms with van der Waals surface area (Å²) in [6.07, 6.45) is 15.2. The highest BCUT2D eigenvalue weighted by Gasteiger charge is 2.08. The Hall–Kier alpha value is -0.300. The molecule has 0 amide bonds. The van der Waals surface area contributed by atoms with E-state index in [-0.39, 0.29) is 0 Å². The van der Waals surface area contributed by atoms with Gasteiger partial charge in [-0.2, -0.15) is 0 Å². The average Bonchev–Trinajstić information content (AvgIpc) is 2.47. The van der Waals surface area contributed by atoms with Gasteiger partial charge in [0.2, 0.25) is 0 Å². The molecule has 1 rings (SSSR count). The average molecular weight is 282 g/mol. The Balaban J connectivity index is 0.000000796. The lowest BCUT2D eigenvalue weighted by Gasteiger charge is -2.26. The van der Waals surface area contributed by atoms with Gasteiger partial charge in [0.25, 0.3) is 0 Å². The topological polar surface area (TPSA) is 3.24 Å². The minimum Gasteiger partial charge on any atom is -0.303 e. The third-order valence-electron chi connectivity index (χ3n) is 4.03. The number of unbranched alkanes of at least 4 members (excludes halogenated alkanes) is 5. The third-order valence-corrected chi connectivity index (χ3v) is 4.03. The van der Waals surface area contributed by atoms with Crippen LogP contribution in [0.4, 0.5) is 0 Å². The first-order valence-corrected chi connectivity index (χ1v) is 9.07. The van der Waals surface area contributed by atoms with E-state index in [1.807, 2.05) is 0 Å². The molecule has 1 fully saturated rings. The lowest BCUT2D eigenvalue weighted by Crippen LogP contribution is -2.30. The fraction of sp³-hybridized carbons (Fsp3) is 0.895. The highest BCUT2D eigenvalue weighted by Crippen LogP contribution is 2.12. The lowest BCUT2D eigenvalue weighted by atomic mass is 10.1. The molecular formula is C19H39N. The van der Waals surface area contributed by atoms with E-state index in [2.05, 4.69) is 32.3 Å². The van der Waals surface area contributed by atoms with Crippen LogP contribution in [0.2, 0.25) is 0 Å². The van der Waals surface area contributed by atoms with Crippen LogP contribution in [0.3, 0.4) is 0 Å². The van der Waals surface area contributed by atoms with Crippen LogP contribution in [0.1, 0.15) is 91.4 Å². The Bertz CT molecular complexity index is 202. The van der Waals surface area contributed by atoms with E-state index in [0.717, 1.165) is 0 Å². The standard InChI is InChI=1S/C15H29N.C4H10/c1-15(2)11-7-4-3-5-8-12-16-13-9-6-10-14-16;1-3-4-2/h1,3-14H2,2H3;3-4H2,1-2H3. The van der Waals surface area contributed by atoms with E-state index in [4.69, 9.17) is 0 Å². The predicted octanol–water partition coefficient (Wildman–Crippen LogP) is 6.20. The molecule has 0 atom stereocenters. The monoisotopic (exact) mass is 281 g/mol. The summed E-state index contributed by atoms with van der Waals surface area (Å²) in [7, 11) is 0. The molecule has 1 aliphatic rings. The summed E-state index contributed by atoms with van der Waals surface area (Å²) in [5, 5.41) is 0. The van der Waals surface area contributed by atoms with Gasteiger partial charge in [0.1, 0.15) is 0 Å². The molecule has 1 aliphatic heterocycles. The number of hydrogen-bond acceptors (Lipinski definition) is 1. The van der Waals surface area contributed by atoms with E-state index >= 15 is 0 Å². The second-order valence-electron chi connectivity index (χ2n) is 6.38. The van der Waals surface area contributed by atoms with E-state index in [1.165, 1.54) is 95.8 Å². The molecule has 1 heteroatoms. The van der Waals surface area contributed by atoms with Crippen molar-refractivity contribution >= 4 is 0 Å². The summed E-state index contributed by atoms with van der Waals surface area (Å²) < 4.78 is 0. The van der Waals surface area contributed by atoms with Gasteiger partial charge >= 0.3 is 0 Å². The zero-order chi connectivity index (χ0) is 15.1. The van der Waals surface area contributed by atoms with Gasteiger partial charge in [-0.3, -0.25) is 0 Å². The number of allylic oxidation sites excluding steroid dienone is 1. The van der Waals surface area contributed by atoms with Gasteiger partial charge in [0, 0.05) is 0 Å². The van der Waals surface area contributed by atoms with Gasteiger partial charge in [0.05, 0.1) is 0 Å². The van der Waals surface area contributed by atoms with E-state index in [9.17, 15) is 0 Å². The number of piperidine rings is 1. The van der Waals surface area contributed by atoms with Crippen LogP contribution in [0.15, 0.2) is 12.2 Å². The van der Waals surface area contributed by atoms with E-state index in [0.29, 0.717) is 0 Å². The summed E-state index contributed by atoms with van der Waals surface area (Å²) >= 11 is 0. The van der Waals surface area contributed by atoms with Crippen LogP contribution >= 0.6 is 0 Å². The van der Waals surface area contributed by atoms with Crippen molar-refractivity contribution in [2.75, 3.05) is 19.6 Å². The summed E-state index contributed by atoms with van der Waals surface area (Å²) in [5.41, 5.74) is 1.34. The van der Waals surface area contributed by atoms with Crippen molar-refractivity contribution in [3.05, 3.63) is 12.2 Å². The highest BCUT2D eigenvalue weighted by atomic mass is 15.1. The maximum absolute atomic E-state index is 3.94. The second kappa shape index (κ2) is 15.1. The molecule has 0 N–H and O–H groups in total. The number of rotatable bonds is 9. The first-order chi connectivity index (χ1) is 9.70. The molecule has 0 radical (unpaired) electrons. The fourth-order valence-corrected chi connectivity index (χ4v) is 2.48. The smallest absolute Gasteiger partial charge is 0.00187 e. The largest absolute Gasteiger partial charge is 0.303 e. The maximum Gasteiger partial charge on any atom is -0.00187 e. The summed E-state index contributed by atoms with van der Waals surface area (Å²) in [4.78, 5) is 2.65. The molecule has 0 aliphatic carbocycles. The molecule has 0 unspecified atom stereocenters. The molecule has 1 heterocycles. The Kier molecular flexibility index (Phi) is 14.9. The van der Waals surface area contributed by atoms with Crippen molar-refractivity contribution in [3.8, 4) is 0 Å². The molecule has 1 saturated heterocycles. The van der Waals surface area contributed by atoms with Crippen molar-refractivity contribution in [1.29, 1.82) is 0 Å². The quantitative estimate of drug-likeness (QED) is 0.359. The van der Waals surface area contributed by atoms with Gasteiger partial charge in [-0.25, -0.2) is 0 Å². The number of likely N-dealkylation sites (tertiary alicyclic amines) is 1. The molecule has 0 spiro atoms. The van der Waals surface area contributed by atoms with Crippen LogP contribution in [0, 0.1) is 0 Å². The Labute approximate surface area is 128 Å². The van der Waals surface area contributed by atoms with Crippen molar-refractivity contribution in [1.82, 2.24) is 4.90 Å². The maximum atomic E-state index is 3.94. The predicted molar refractivity (Wildman–Crippen MR) is 93.4 cm³/mol. The normalized spacial score (nSPS) is 15.6. The summed E-state index contributed by atoms with van der Waals surface area (Å²) in [6.45, 7) is 14.5. The third kappa shape index (κ3) is 14.1. The molecule has 20 heavy (non-hydrogen) atoms. The second-order valence-corrected chi connectivity index (χ2v) is 6.38. The molecule has 120 valence electrons. The number of nitrogens with zero attached hydrogens (tertiary/aromatic N) is 1. The Morgan fingerprint density at radius 2 is 1.40 bits per heavy atom. The summed E-state index contributed by atoms with van der Waals surface area (Å²) in [6, 6.07) is 0. The van der Waals surface area contributed by atoms with Crippen LogP contribution in [0.5, 0.6) is 0 Å². The van der Waals surface area contributed by atoms with Crippen molar-refractivity contribution in [3.63, 3.8) is 0 Å². The van der Waals surface area contributed by atoms with Gasteiger partial charge < -0.3 is 4.90 Å². The molecule has 0 bridgehead atoms. The van der Waals surface area contributed by atoms with Crippen LogP contribution in [-0.2, 0) is 0 Å². The fourth-order valence-electron chi connectivity index (χ4n) is 2.48. The zero-order valence-electron chi connectivity index (χ0n) is 14.6. The molecule has 0 aromatic carbocycles. The van der Waals surface area contributed by atoms with Gasteiger partial charge in [-0.05, 0) is 58.7 Å². The van der Waals surface area contributed by atoms with Crippen molar-refractivity contribution in [2.45, 2.75) is 91.4 Å². The summed E-state index contributed by atoms with van der Waals surface area (Å²) in [5.74, 6) is 0. The number of hydrogen-bond donors (Lipinski definition) is 0. The zero-order valence-corrected chi connectivity index (χ0v) is 14.6.